The van der Waals surface area contributed by atoms with E-state index in [9.17, 15) is 4.79 Å². The number of nitrogens with zero attached hydrogens (tertiary/aromatic N) is 3. The Morgan fingerprint density at radius 1 is 1.67 bits per heavy atom. The zero-order valence-corrected chi connectivity index (χ0v) is 7.00. The van der Waals surface area contributed by atoms with Crippen molar-refractivity contribution in [2.75, 3.05) is 0 Å². The lowest BCUT2D eigenvalue weighted by Gasteiger charge is -1.88. The first-order valence-corrected chi connectivity index (χ1v) is 4.05. The number of aromatic hydroxyl groups is 1. The van der Waals surface area contributed by atoms with Gasteiger partial charge < -0.3 is 5.11 Å². The van der Waals surface area contributed by atoms with Gasteiger partial charge in [-0.3, -0.25) is 4.79 Å². The van der Waals surface area contributed by atoms with Crippen LogP contribution in [0.3, 0.4) is 0 Å². The first-order chi connectivity index (χ1) is 5.66. The van der Waals surface area contributed by atoms with Crippen LogP contribution in [-0.2, 0) is 0 Å². The van der Waals surface area contributed by atoms with Gasteiger partial charge in [-0.05, 0) is 6.92 Å². The quantitative estimate of drug-likeness (QED) is 0.632. The van der Waals surface area contributed by atoms with Crippen molar-refractivity contribution >= 4 is 16.3 Å². The molecule has 0 spiro atoms. The van der Waals surface area contributed by atoms with Crippen LogP contribution in [0.5, 0.6) is 5.88 Å². The predicted molar refractivity (Wildman–Crippen MR) is 43.5 cm³/mol. The van der Waals surface area contributed by atoms with Gasteiger partial charge in [0, 0.05) is 0 Å². The SMILES string of the molecule is Cc1nn2c(=O)cc(O)nc2s1. The highest BCUT2D eigenvalue weighted by Crippen LogP contribution is 2.11. The molecule has 12 heavy (non-hydrogen) atoms. The first kappa shape index (κ1) is 7.23. The van der Waals surface area contributed by atoms with Crippen LogP contribution >= 0.6 is 11.3 Å². The molecule has 0 amide bonds. The van der Waals surface area contributed by atoms with Crippen LogP contribution in [0.25, 0.3) is 4.96 Å². The van der Waals surface area contributed by atoms with E-state index < -0.39 is 0 Å². The normalized spacial score (nSPS) is 10.8. The molecular weight excluding hydrogens is 178 g/mol. The maximum absolute atomic E-state index is 11.1. The van der Waals surface area contributed by atoms with Gasteiger partial charge in [0.05, 0.1) is 6.07 Å². The second kappa shape index (κ2) is 2.28. The summed E-state index contributed by atoms with van der Waals surface area (Å²) >= 11 is 1.26. The average molecular weight is 183 g/mol. The minimum absolute atomic E-state index is 0.261. The van der Waals surface area contributed by atoms with Gasteiger partial charge in [0.1, 0.15) is 5.01 Å². The molecule has 0 aromatic carbocycles. The van der Waals surface area contributed by atoms with Gasteiger partial charge in [-0.25, -0.2) is 0 Å². The van der Waals surface area contributed by atoms with Crippen LogP contribution in [0.2, 0.25) is 0 Å². The molecule has 0 bridgehead atoms. The molecule has 0 saturated heterocycles. The summed E-state index contributed by atoms with van der Waals surface area (Å²) in [5, 5.41) is 13.6. The minimum Gasteiger partial charge on any atom is -0.493 e. The summed E-state index contributed by atoms with van der Waals surface area (Å²) in [5.41, 5.74) is -0.359. The summed E-state index contributed by atoms with van der Waals surface area (Å²) in [6, 6.07) is 1.03. The highest BCUT2D eigenvalue weighted by molar-refractivity contribution is 7.16. The molecule has 2 rings (SSSR count). The van der Waals surface area contributed by atoms with Crippen molar-refractivity contribution in [1.82, 2.24) is 14.6 Å². The Balaban J connectivity index is 2.98. The number of rotatable bonds is 0. The van der Waals surface area contributed by atoms with E-state index in [0.29, 0.717) is 4.96 Å². The van der Waals surface area contributed by atoms with Crippen molar-refractivity contribution in [2.24, 2.45) is 0 Å². The lowest BCUT2D eigenvalue weighted by atomic mass is 10.6. The van der Waals surface area contributed by atoms with Crippen LogP contribution in [0.1, 0.15) is 5.01 Å². The number of hydrogen-bond acceptors (Lipinski definition) is 5. The third-order valence-electron chi connectivity index (χ3n) is 1.33. The predicted octanol–water partition coefficient (Wildman–Crippen LogP) is 0.165. The van der Waals surface area contributed by atoms with Gasteiger partial charge in [0.2, 0.25) is 10.8 Å². The van der Waals surface area contributed by atoms with Gasteiger partial charge in [-0.1, -0.05) is 11.3 Å². The Bertz CT molecular complexity index is 487. The molecular formula is C6H5N3O2S. The molecule has 0 saturated carbocycles. The summed E-state index contributed by atoms with van der Waals surface area (Å²) in [6.07, 6.45) is 0. The molecule has 2 aromatic rings. The molecule has 1 N–H and O–H groups in total. The zero-order chi connectivity index (χ0) is 8.72. The first-order valence-electron chi connectivity index (χ1n) is 3.23. The number of fused-ring (bicyclic) bond motifs is 1. The molecule has 2 heterocycles. The van der Waals surface area contributed by atoms with Gasteiger partial charge in [0.25, 0.3) is 5.56 Å². The maximum Gasteiger partial charge on any atom is 0.278 e. The number of hydrogen-bond donors (Lipinski definition) is 1. The summed E-state index contributed by atoms with van der Waals surface area (Å²) in [5.74, 6) is -0.261. The molecule has 0 radical (unpaired) electrons. The molecule has 6 heteroatoms. The Kier molecular flexibility index (Phi) is 1.37. The lowest BCUT2D eigenvalue weighted by molar-refractivity contribution is 0.452. The fraction of sp³-hybridized carbons (Fsp3) is 0.167. The van der Waals surface area contributed by atoms with E-state index in [1.807, 2.05) is 0 Å². The fourth-order valence-electron chi connectivity index (χ4n) is 0.895. The van der Waals surface area contributed by atoms with Crippen molar-refractivity contribution in [3.63, 3.8) is 0 Å². The van der Waals surface area contributed by atoms with Crippen molar-refractivity contribution in [3.05, 3.63) is 21.4 Å². The van der Waals surface area contributed by atoms with E-state index in [1.54, 1.807) is 6.92 Å². The molecule has 62 valence electrons. The highest BCUT2D eigenvalue weighted by atomic mass is 32.1. The van der Waals surface area contributed by atoms with E-state index in [-0.39, 0.29) is 11.4 Å². The van der Waals surface area contributed by atoms with Crippen LogP contribution in [-0.4, -0.2) is 19.7 Å². The molecule has 0 aliphatic heterocycles. The van der Waals surface area contributed by atoms with E-state index in [4.69, 9.17) is 5.11 Å². The summed E-state index contributed by atoms with van der Waals surface area (Å²) in [7, 11) is 0. The Hall–Kier alpha value is -1.43. The largest absolute Gasteiger partial charge is 0.493 e. The van der Waals surface area contributed by atoms with Crippen molar-refractivity contribution in [3.8, 4) is 5.88 Å². The number of aromatic nitrogens is 3. The van der Waals surface area contributed by atoms with Gasteiger partial charge in [0.15, 0.2) is 0 Å². The van der Waals surface area contributed by atoms with Crippen LogP contribution in [0, 0.1) is 6.92 Å². The number of aryl methyl sites for hydroxylation is 1. The molecule has 0 atom stereocenters. The van der Waals surface area contributed by atoms with E-state index in [0.717, 1.165) is 11.1 Å². The summed E-state index contributed by atoms with van der Waals surface area (Å²) in [6.45, 7) is 1.77. The van der Waals surface area contributed by atoms with Gasteiger partial charge >= 0.3 is 0 Å². The Morgan fingerprint density at radius 3 is 3.17 bits per heavy atom. The van der Waals surface area contributed by atoms with Crippen molar-refractivity contribution < 1.29 is 5.11 Å². The third-order valence-corrected chi connectivity index (χ3v) is 2.16. The standard InChI is InChI=1S/C6H5N3O2S/c1-3-8-9-5(11)2-4(10)7-6(9)12-3/h2,10H,1H3. The maximum atomic E-state index is 11.1. The Morgan fingerprint density at radius 2 is 2.42 bits per heavy atom. The van der Waals surface area contributed by atoms with Crippen molar-refractivity contribution in [1.29, 1.82) is 0 Å². The second-order valence-electron chi connectivity index (χ2n) is 2.27. The highest BCUT2D eigenvalue weighted by Gasteiger charge is 2.04. The molecule has 0 aliphatic carbocycles. The van der Waals surface area contributed by atoms with Gasteiger partial charge in [-0.15, -0.1) is 0 Å². The molecule has 0 aliphatic rings. The third kappa shape index (κ3) is 0.964. The smallest absolute Gasteiger partial charge is 0.278 e. The van der Waals surface area contributed by atoms with Crippen molar-refractivity contribution in [2.45, 2.75) is 6.92 Å². The fourth-order valence-corrected chi connectivity index (χ4v) is 1.64. The molecule has 5 nitrogen and oxygen atoms in total. The molecule has 2 aromatic heterocycles. The second-order valence-corrected chi connectivity index (χ2v) is 3.43. The van der Waals surface area contributed by atoms with Crippen LogP contribution < -0.4 is 5.56 Å². The lowest BCUT2D eigenvalue weighted by Crippen LogP contribution is -2.12. The minimum atomic E-state index is -0.359. The van der Waals surface area contributed by atoms with Crippen LogP contribution in [0.4, 0.5) is 0 Å². The zero-order valence-electron chi connectivity index (χ0n) is 6.18. The van der Waals surface area contributed by atoms with E-state index >= 15 is 0 Å². The average Bonchev–Trinajstić information content (AvgIpc) is 2.29. The monoisotopic (exact) mass is 183 g/mol. The Labute approximate surface area is 70.9 Å². The van der Waals surface area contributed by atoms with Crippen LogP contribution in [0.15, 0.2) is 10.9 Å². The summed E-state index contributed by atoms with van der Waals surface area (Å²) in [4.78, 5) is 15.3. The van der Waals surface area contributed by atoms with Gasteiger partial charge in [-0.2, -0.15) is 14.6 Å². The summed E-state index contributed by atoms with van der Waals surface area (Å²) < 4.78 is 1.17. The van der Waals surface area contributed by atoms with E-state index in [1.165, 1.54) is 15.9 Å². The topological polar surface area (TPSA) is 67.5 Å². The molecule has 0 unspecified atom stereocenters. The van der Waals surface area contributed by atoms with E-state index in [2.05, 4.69) is 10.1 Å². The molecule has 0 fully saturated rings.